The second-order valence-corrected chi connectivity index (χ2v) is 6.25. The maximum atomic E-state index is 12.2. The fraction of sp³-hybridized carbons (Fsp3) is 0.100. The third-order valence-electron chi connectivity index (χ3n) is 3.90. The van der Waals surface area contributed by atoms with Crippen LogP contribution in [0.2, 0.25) is 5.02 Å². The minimum atomic E-state index is -0.768. The standard InChI is InChI=1S/C20H15ClN2O4/c21-14-5-3-4-13(10-14)16-9-8-15(26-16)11-22-23-20(24)19-12-25-17-6-1-2-7-18(17)27-19/h1-11,19H,12H2,(H,23,24). The molecule has 0 spiro atoms. The lowest BCUT2D eigenvalue weighted by atomic mass is 10.2. The Morgan fingerprint density at radius 1 is 1.11 bits per heavy atom. The van der Waals surface area contributed by atoms with Crippen molar-refractivity contribution in [1.29, 1.82) is 0 Å². The van der Waals surface area contributed by atoms with Gasteiger partial charge in [0.2, 0.25) is 6.10 Å². The Morgan fingerprint density at radius 3 is 2.81 bits per heavy atom. The first-order valence-electron chi connectivity index (χ1n) is 8.26. The summed E-state index contributed by atoms with van der Waals surface area (Å²) in [5.41, 5.74) is 3.29. The van der Waals surface area contributed by atoms with E-state index in [-0.39, 0.29) is 6.61 Å². The maximum absolute atomic E-state index is 12.2. The smallest absolute Gasteiger partial charge is 0.284 e. The number of hydrogen-bond acceptors (Lipinski definition) is 5. The molecular formula is C20H15ClN2O4. The Bertz CT molecular complexity index is 999. The number of carbonyl (C=O) groups is 1. The topological polar surface area (TPSA) is 73.1 Å². The number of ether oxygens (including phenoxy) is 2. The quantitative estimate of drug-likeness (QED) is 0.548. The van der Waals surface area contributed by atoms with Crippen LogP contribution >= 0.6 is 11.6 Å². The first kappa shape index (κ1) is 17.2. The van der Waals surface area contributed by atoms with Gasteiger partial charge in [-0.05, 0) is 36.4 Å². The number of hydrogen-bond donors (Lipinski definition) is 1. The summed E-state index contributed by atoms with van der Waals surface area (Å²) in [5, 5.41) is 4.54. The number of benzene rings is 2. The van der Waals surface area contributed by atoms with E-state index in [0.29, 0.717) is 28.0 Å². The van der Waals surface area contributed by atoms with E-state index in [9.17, 15) is 4.79 Å². The van der Waals surface area contributed by atoms with Gasteiger partial charge in [-0.25, -0.2) is 5.43 Å². The molecule has 1 N–H and O–H groups in total. The fourth-order valence-electron chi connectivity index (χ4n) is 2.60. The maximum Gasteiger partial charge on any atom is 0.284 e. The molecule has 0 saturated heterocycles. The Balaban J connectivity index is 1.36. The van der Waals surface area contributed by atoms with Gasteiger partial charge in [-0.2, -0.15) is 5.10 Å². The number of amides is 1. The lowest BCUT2D eigenvalue weighted by Gasteiger charge is -2.24. The van der Waals surface area contributed by atoms with Crippen LogP contribution in [0.3, 0.4) is 0 Å². The number of fused-ring (bicyclic) bond motifs is 1. The second kappa shape index (κ2) is 7.55. The van der Waals surface area contributed by atoms with E-state index in [4.69, 9.17) is 25.5 Å². The lowest BCUT2D eigenvalue weighted by Crippen LogP contribution is -2.42. The van der Waals surface area contributed by atoms with Crippen LogP contribution in [0, 0.1) is 0 Å². The molecule has 27 heavy (non-hydrogen) atoms. The van der Waals surface area contributed by atoms with Crippen LogP contribution in [-0.2, 0) is 4.79 Å². The predicted molar refractivity (Wildman–Crippen MR) is 101 cm³/mol. The largest absolute Gasteiger partial charge is 0.485 e. The van der Waals surface area contributed by atoms with Crippen LogP contribution in [0.1, 0.15) is 5.76 Å². The highest BCUT2D eigenvalue weighted by Crippen LogP contribution is 2.30. The van der Waals surface area contributed by atoms with Crippen molar-refractivity contribution in [2.24, 2.45) is 5.10 Å². The molecule has 1 aliphatic rings. The molecule has 0 radical (unpaired) electrons. The molecule has 1 aromatic heterocycles. The summed E-state index contributed by atoms with van der Waals surface area (Å²) in [6.07, 6.45) is 0.652. The van der Waals surface area contributed by atoms with Crippen molar-refractivity contribution >= 4 is 23.7 Å². The Morgan fingerprint density at radius 2 is 1.96 bits per heavy atom. The van der Waals surface area contributed by atoms with Crippen LogP contribution in [0.4, 0.5) is 0 Å². The Kier molecular flexibility index (Phi) is 4.80. The summed E-state index contributed by atoms with van der Waals surface area (Å²) >= 11 is 5.99. The number of nitrogens with zero attached hydrogens (tertiary/aromatic N) is 1. The average molecular weight is 383 g/mol. The van der Waals surface area contributed by atoms with Crippen molar-refractivity contribution in [2.45, 2.75) is 6.10 Å². The number of para-hydroxylation sites is 2. The number of hydrazone groups is 1. The third-order valence-corrected chi connectivity index (χ3v) is 4.14. The van der Waals surface area contributed by atoms with Gasteiger partial charge >= 0.3 is 0 Å². The van der Waals surface area contributed by atoms with Crippen molar-refractivity contribution < 1.29 is 18.7 Å². The molecule has 7 heteroatoms. The molecular weight excluding hydrogens is 368 g/mol. The van der Waals surface area contributed by atoms with Crippen molar-refractivity contribution in [3.63, 3.8) is 0 Å². The molecule has 1 atom stereocenters. The molecule has 1 unspecified atom stereocenters. The monoisotopic (exact) mass is 382 g/mol. The lowest BCUT2D eigenvalue weighted by molar-refractivity contribution is -0.130. The molecule has 4 rings (SSSR count). The molecule has 0 aliphatic carbocycles. The summed E-state index contributed by atoms with van der Waals surface area (Å²) in [6.45, 7) is 0.123. The summed E-state index contributed by atoms with van der Waals surface area (Å²) in [4.78, 5) is 12.2. The van der Waals surface area contributed by atoms with Gasteiger partial charge in [-0.3, -0.25) is 4.79 Å². The number of furan rings is 1. The third kappa shape index (κ3) is 3.96. The van der Waals surface area contributed by atoms with Gasteiger partial charge in [0.15, 0.2) is 11.5 Å². The summed E-state index contributed by atoms with van der Waals surface area (Å²) < 4.78 is 16.8. The summed E-state index contributed by atoms with van der Waals surface area (Å²) in [6, 6.07) is 18.1. The first-order chi connectivity index (χ1) is 13.2. The Labute approximate surface area is 160 Å². The van der Waals surface area contributed by atoms with E-state index in [2.05, 4.69) is 10.5 Å². The number of nitrogens with one attached hydrogen (secondary N) is 1. The molecule has 0 saturated carbocycles. The Hall–Kier alpha value is -3.25. The van der Waals surface area contributed by atoms with E-state index in [1.54, 1.807) is 30.3 Å². The van der Waals surface area contributed by atoms with Gasteiger partial charge in [0.1, 0.15) is 18.1 Å². The second-order valence-electron chi connectivity index (χ2n) is 5.81. The number of halogens is 1. The van der Waals surface area contributed by atoms with Crippen LogP contribution in [0.15, 0.2) is 70.2 Å². The van der Waals surface area contributed by atoms with Gasteiger partial charge in [0, 0.05) is 10.6 Å². The molecule has 2 aromatic carbocycles. The summed E-state index contributed by atoms with van der Waals surface area (Å²) in [5.74, 6) is 1.91. The van der Waals surface area contributed by atoms with Crippen LogP contribution < -0.4 is 14.9 Å². The van der Waals surface area contributed by atoms with Crippen LogP contribution in [0.5, 0.6) is 11.5 Å². The molecule has 1 amide bonds. The molecule has 0 fully saturated rings. The molecule has 0 bridgehead atoms. The van der Waals surface area contributed by atoms with E-state index in [1.807, 2.05) is 30.3 Å². The van der Waals surface area contributed by atoms with Gasteiger partial charge in [-0.15, -0.1) is 0 Å². The van der Waals surface area contributed by atoms with E-state index in [0.717, 1.165) is 5.56 Å². The molecule has 136 valence electrons. The van der Waals surface area contributed by atoms with E-state index >= 15 is 0 Å². The van der Waals surface area contributed by atoms with E-state index in [1.165, 1.54) is 6.21 Å². The molecule has 1 aliphatic heterocycles. The molecule has 2 heterocycles. The summed E-state index contributed by atoms with van der Waals surface area (Å²) in [7, 11) is 0. The van der Waals surface area contributed by atoms with E-state index < -0.39 is 12.0 Å². The van der Waals surface area contributed by atoms with Gasteiger partial charge in [0.25, 0.3) is 5.91 Å². The zero-order valence-corrected chi connectivity index (χ0v) is 14.8. The minimum absolute atomic E-state index is 0.123. The predicted octanol–water partition coefficient (Wildman–Crippen LogP) is 3.89. The first-order valence-corrected chi connectivity index (χ1v) is 8.64. The minimum Gasteiger partial charge on any atom is -0.485 e. The molecule has 3 aromatic rings. The molecule has 6 nitrogen and oxygen atoms in total. The fourth-order valence-corrected chi connectivity index (χ4v) is 2.79. The zero-order valence-electron chi connectivity index (χ0n) is 14.1. The zero-order chi connectivity index (χ0) is 18.6. The van der Waals surface area contributed by atoms with Crippen LogP contribution in [-0.4, -0.2) is 24.8 Å². The van der Waals surface area contributed by atoms with Gasteiger partial charge < -0.3 is 13.9 Å². The number of carbonyl (C=O) groups excluding carboxylic acids is 1. The van der Waals surface area contributed by atoms with Crippen molar-refractivity contribution in [3.8, 4) is 22.8 Å². The van der Waals surface area contributed by atoms with Gasteiger partial charge in [0.05, 0.1) is 6.21 Å². The van der Waals surface area contributed by atoms with Crippen LogP contribution in [0.25, 0.3) is 11.3 Å². The van der Waals surface area contributed by atoms with Crippen molar-refractivity contribution in [2.75, 3.05) is 6.61 Å². The highest BCUT2D eigenvalue weighted by Gasteiger charge is 2.26. The highest BCUT2D eigenvalue weighted by atomic mass is 35.5. The normalized spacial score (nSPS) is 15.7. The van der Waals surface area contributed by atoms with Crippen molar-refractivity contribution in [3.05, 3.63) is 71.4 Å². The van der Waals surface area contributed by atoms with Crippen molar-refractivity contribution in [1.82, 2.24) is 5.43 Å². The van der Waals surface area contributed by atoms with Gasteiger partial charge in [-0.1, -0.05) is 35.9 Å². The average Bonchev–Trinajstić information content (AvgIpc) is 3.16. The SMILES string of the molecule is O=C(NN=Cc1ccc(-c2cccc(Cl)c2)o1)C1COc2ccccc2O1. The number of rotatable bonds is 4. The highest BCUT2D eigenvalue weighted by molar-refractivity contribution is 6.30.